The van der Waals surface area contributed by atoms with Crippen molar-refractivity contribution in [2.75, 3.05) is 19.6 Å². The number of hydrogen-bond donors (Lipinski definition) is 2. The molecule has 1 unspecified atom stereocenters. The van der Waals surface area contributed by atoms with Crippen LogP contribution in [0.2, 0.25) is 0 Å². The van der Waals surface area contributed by atoms with Gasteiger partial charge in [0, 0.05) is 19.1 Å². The molecule has 1 saturated heterocycles. The lowest BCUT2D eigenvalue weighted by molar-refractivity contribution is 0.210. The highest BCUT2D eigenvalue weighted by atomic mass is 16.3. The van der Waals surface area contributed by atoms with Crippen LogP contribution in [0.1, 0.15) is 30.0 Å². The number of nitrogens with one attached hydrogen (secondary N) is 1. The van der Waals surface area contributed by atoms with Crippen molar-refractivity contribution in [3.63, 3.8) is 0 Å². The van der Waals surface area contributed by atoms with Crippen molar-refractivity contribution in [2.24, 2.45) is 0 Å². The zero-order chi connectivity index (χ0) is 13.1. The van der Waals surface area contributed by atoms with Crippen LogP contribution < -0.4 is 5.32 Å². The van der Waals surface area contributed by atoms with E-state index in [0.29, 0.717) is 11.8 Å². The molecule has 3 nitrogen and oxygen atoms in total. The molecule has 18 heavy (non-hydrogen) atoms. The van der Waals surface area contributed by atoms with E-state index < -0.39 is 0 Å². The van der Waals surface area contributed by atoms with Gasteiger partial charge in [-0.1, -0.05) is 19.1 Å². The van der Waals surface area contributed by atoms with Crippen LogP contribution in [0.15, 0.2) is 12.1 Å². The summed E-state index contributed by atoms with van der Waals surface area (Å²) in [5, 5.41) is 13.2. The van der Waals surface area contributed by atoms with Crippen molar-refractivity contribution in [1.82, 2.24) is 10.2 Å². The third-order valence-electron chi connectivity index (χ3n) is 3.89. The molecule has 100 valence electrons. The Morgan fingerprint density at radius 3 is 2.50 bits per heavy atom. The number of likely N-dealkylation sites (N-methyl/N-ethyl adjacent to an activating group) is 1. The maximum atomic E-state index is 9.81. The quantitative estimate of drug-likeness (QED) is 0.857. The van der Waals surface area contributed by atoms with Gasteiger partial charge in [0.2, 0.25) is 0 Å². The molecule has 2 rings (SSSR count). The molecule has 1 aromatic rings. The lowest BCUT2D eigenvalue weighted by Gasteiger charge is -2.27. The number of hydrogen-bond acceptors (Lipinski definition) is 3. The van der Waals surface area contributed by atoms with Gasteiger partial charge in [-0.15, -0.1) is 0 Å². The summed E-state index contributed by atoms with van der Waals surface area (Å²) < 4.78 is 0. The van der Waals surface area contributed by atoms with E-state index in [0.717, 1.165) is 37.3 Å². The molecule has 0 aromatic heterocycles. The van der Waals surface area contributed by atoms with Crippen LogP contribution >= 0.6 is 0 Å². The number of nitrogens with zero attached hydrogens (tertiary/aromatic N) is 1. The molecule has 0 aliphatic carbocycles. The Hall–Kier alpha value is -1.06. The molecule has 1 fully saturated rings. The van der Waals surface area contributed by atoms with E-state index in [4.69, 9.17) is 0 Å². The Balaban J connectivity index is 2.11. The topological polar surface area (TPSA) is 35.5 Å². The highest BCUT2D eigenvalue weighted by Crippen LogP contribution is 2.24. The Labute approximate surface area is 110 Å². The summed E-state index contributed by atoms with van der Waals surface area (Å²) in [6, 6.07) is 4.87. The molecule has 1 heterocycles. The fourth-order valence-electron chi connectivity index (χ4n) is 2.82. The van der Waals surface area contributed by atoms with Gasteiger partial charge in [-0.05, 0) is 50.0 Å². The fourth-order valence-corrected chi connectivity index (χ4v) is 2.82. The van der Waals surface area contributed by atoms with Crippen LogP contribution in [-0.4, -0.2) is 35.7 Å². The maximum absolute atomic E-state index is 9.81. The first-order valence-electron chi connectivity index (χ1n) is 6.85. The molecule has 0 spiro atoms. The highest BCUT2D eigenvalue weighted by Gasteiger charge is 2.21. The van der Waals surface area contributed by atoms with Gasteiger partial charge in [-0.2, -0.15) is 0 Å². The standard InChI is InChI=1S/C15H24N2O/c1-4-17(14-5-6-16-9-14)10-13-7-11(2)15(18)12(3)8-13/h7-8,14,16,18H,4-6,9-10H2,1-3H3. The van der Waals surface area contributed by atoms with Gasteiger partial charge in [0.05, 0.1) is 0 Å². The van der Waals surface area contributed by atoms with Crippen molar-refractivity contribution in [3.8, 4) is 5.75 Å². The summed E-state index contributed by atoms with van der Waals surface area (Å²) in [4.78, 5) is 2.52. The number of phenolic OH excluding ortho intramolecular Hbond substituents is 1. The van der Waals surface area contributed by atoms with E-state index in [1.807, 2.05) is 13.8 Å². The second-order valence-corrected chi connectivity index (χ2v) is 5.29. The minimum Gasteiger partial charge on any atom is -0.507 e. The molecule has 1 aliphatic heterocycles. The zero-order valence-corrected chi connectivity index (χ0v) is 11.7. The molecular formula is C15H24N2O. The van der Waals surface area contributed by atoms with Crippen LogP contribution in [0, 0.1) is 13.8 Å². The third kappa shape index (κ3) is 2.85. The van der Waals surface area contributed by atoms with Crippen LogP contribution in [0.4, 0.5) is 0 Å². The van der Waals surface area contributed by atoms with E-state index >= 15 is 0 Å². The molecule has 3 heteroatoms. The average molecular weight is 248 g/mol. The maximum Gasteiger partial charge on any atom is 0.121 e. The largest absolute Gasteiger partial charge is 0.507 e. The Kier molecular flexibility index (Phi) is 4.25. The van der Waals surface area contributed by atoms with Crippen molar-refractivity contribution < 1.29 is 5.11 Å². The minimum atomic E-state index is 0.435. The number of aryl methyl sites for hydroxylation is 2. The normalized spacial score (nSPS) is 19.7. The van der Waals surface area contributed by atoms with E-state index in [1.54, 1.807) is 0 Å². The van der Waals surface area contributed by atoms with E-state index in [-0.39, 0.29) is 0 Å². The molecule has 0 bridgehead atoms. The van der Waals surface area contributed by atoms with Crippen LogP contribution in [0.3, 0.4) is 0 Å². The number of benzene rings is 1. The number of aromatic hydroxyl groups is 1. The fraction of sp³-hybridized carbons (Fsp3) is 0.600. The Morgan fingerprint density at radius 1 is 1.33 bits per heavy atom. The smallest absolute Gasteiger partial charge is 0.121 e. The molecule has 1 aliphatic rings. The van der Waals surface area contributed by atoms with Gasteiger partial charge in [-0.3, -0.25) is 4.90 Å². The molecule has 2 N–H and O–H groups in total. The lowest BCUT2D eigenvalue weighted by atomic mass is 10.0. The number of rotatable bonds is 4. The zero-order valence-electron chi connectivity index (χ0n) is 11.7. The predicted molar refractivity (Wildman–Crippen MR) is 74.9 cm³/mol. The van der Waals surface area contributed by atoms with Crippen molar-refractivity contribution in [3.05, 3.63) is 28.8 Å². The molecule has 0 amide bonds. The molecule has 1 aromatic carbocycles. The van der Waals surface area contributed by atoms with E-state index in [2.05, 4.69) is 29.3 Å². The van der Waals surface area contributed by atoms with Crippen molar-refractivity contribution in [1.29, 1.82) is 0 Å². The highest BCUT2D eigenvalue weighted by molar-refractivity contribution is 5.42. The van der Waals surface area contributed by atoms with E-state index in [9.17, 15) is 5.11 Å². The van der Waals surface area contributed by atoms with Crippen LogP contribution in [0.5, 0.6) is 5.75 Å². The molecule has 0 radical (unpaired) electrons. The van der Waals surface area contributed by atoms with Gasteiger partial charge in [0.25, 0.3) is 0 Å². The van der Waals surface area contributed by atoms with Gasteiger partial charge in [-0.25, -0.2) is 0 Å². The molecular weight excluding hydrogens is 224 g/mol. The monoisotopic (exact) mass is 248 g/mol. The second kappa shape index (κ2) is 5.72. The first kappa shape index (κ1) is 13.4. The summed E-state index contributed by atoms with van der Waals surface area (Å²) in [5.41, 5.74) is 3.26. The second-order valence-electron chi connectivity index (χ2n) is 5.29. The summed E-state index contributed by atoms with van der Waals surface area (Å²) in [6.07, 6.45) is 1.24. The lowest BCUT2D eigenvalue weighted by Crippen LogP contribution is -2.36. The summed E-state index contributed by atoms with van der Waals surface area (Å²) in [6.45, 7) is 10.5. The summed E-state index contributed by atoms with van der Waals surface area (Å²) >= 11 is 0. The SMILES string of the molecule is CCN(Cc1cc(C)c(O)c(C)c1)C1CCNC1. The molecule has 0 saturated carbocycles. The first-order valence-corrected chi connectivity index (χ1v) is 6.85. The summed E-state index contributed by atoms with van der Waals surface area (Å²) in [5.74, 6) is 0.435. The van der Waals surface area contributed by atoms with Gasteiger partial charge in [0.15, 0.2) is 0 Å². The van der Waals surface area contributed by atoms with Gasteiger partial charge >= 0.3 is 0 Å². The number of phenols is 1. The Bertz CT molecular complexity index is 388. The molecule has 1 atom stereocenters. The van der Waals surface area contributed by atoms with Crippen LogP contribution in [0.25, 0.3) is 0 Å². The van der Waals surface area contributed by atoms with Crippen LogP contribution in [-0.2, 0) is 6.54 Å². The first-order chi connectivity index (χ1) is 8.61. The van der Waals surface area contributed by atoms with E-state index in [1.165, 1.54) is 12.0 Å². The summed E-state index contributed by atoms with van der Waals surface area (Å²) in [7, 11) is 0. The third-order valence-corrected chi connectivity index (χ3v) is 3.89. The van der Waals surface area contributed by atoms with Gasteiger partial charge < -0.3 is 10.4 Å². The minimum absolute atomic E-state index is 0.435. The van der Waals surface area contributed by atoms with Gasteiger partial charge in [0.1, 0.15) is 5.75 Å². The Morgan fingerprint density at radius 2 is 2.00 bits per heavy atom. The predicted octanol–water partition coefficient (Wildman–Crippen LogP) is 2.19. The average Bonchev–Trinajstić information content (AvgIpc) is 2.86. The van der Waals surface area contributed by atoms with Crippen molar-refractivity contribution in [2.45, 2.75) is 39.8 Å². The van der Waals surface area contributed by atoms with Crippen molar-refractivity contribution >= 4 is 0 Å².